The number of nitrogen functional groups attached to an aromatic ring is 1. The first-order chi connectivity index (χ1) is 8.53. The van der Waals surface area contributed by atoms with Crippen LogP contribution in [-0.2, 0) is 10.0 Å². The van der Waals surface area contributed by atoms with Crippen molar-refractivity contribution in [2.75, 3.05) is 12.8 Å². The molecule has 0 saturated heterocycles. The van der Waals surface area contributed by atoms with Crippen molar-refractivity contribution >= 4 is 39.0 Å². The Labute approximate surface area is 113 Å². The van der Waals surface area contributed by atoms with Gasteiger partial charge in [-0.05, 0) is 36.8 Å². The van der Waals surface area contributed by atoms with E-state index in [-0.39, 0.29) is 10.6 Å². The third-order valence-electron chi connectivity index (χ3n) is 2.09. The molecule has 0 atom stereocenters. The minimum Gasteiger partial charge on any atom is -0.398 e. The fourth-order valence-electron chi connectivity index (χ4n) is 1.25. The highest BCUT2D eigenvalue weighted by atomic mass is 32.2. The van der Waals surface area contributed by atoms with Gasteiger partial charge in [0.2, 0.25) is 10.0 Å². The zero-order valence-electron chi connectivity index (χ0n) is 9.32. The summed E-state index contributed by atoms with van der Waals surface area (Å²) in [4.78, 5) is 4.92. The Balaban J connectivity index is 2.31. The van der Waals surface area contributed by atoms with Gasteiger partial charge in [0.1, 0.15) is 11.2 Å². The lowest BCUT2D eigenvalue weighted by Crippen LogP contribution is -2.19. The molecule has 3 N–H and O–H groups in total. The quantitative estimate of drug-likeness (QED) is 0.823. The minimum atomic E-state index is -3.52. The number of sulfonamides is 1. The van der Waals surface area contributed by atoms with Gasteiger partial charge in [-0.15, -0.1) is 0 Å². The maximum Gasteiger partial charge on any atom is 0.242 e. The molecule has 0 unspecified atom stereocenters. The molecule has 2 aromatic rings. The molecule has 0 amide bonds. The Kier molecular flexibility index (Phi) is 3.85. The standard InChI is InChI=1S/C9H10N4O2S3/c1-11-18(14,15)8-3-2-6(4-7(8)10)16-9-12-5-13-17-9/h2-5,11H,10H2,1H3. The zero-order valence-corrected chi connectivity index (χ0v) is 11.8. The van der Waals surface area contributed by atoms with Crippen LogP contribution >= 0.6 is 23.3 Å². The van der Waals surface area contributed by atoms with Crippen molar-refractivity contribution in [1.29, 1.82) is 0 Å². The summed E-state index contributed by atoms with van der Waals surface area (Å²) in [5.74, 6) is 0. The van der Waals surface area contributed by atoms with Gasteiger partial charge in [-0.3, -0.25) is 0 Å². The Morgan fingerprint density at radius 2 is 2.22 bits per heavy atom. The predicted octanol–water partition coefficient (Wildman–Crippen LogP) is 1.18. The molecule has 0 radical (unpaired) electrons. The highest BCUT2D eigenvalue weighted by Gasteiger charge is 2.15. The van der Waals surface area contributed by atoms with E-state index in [9.17, 15) is 8.42 Å². The van der Waals surface area contributed by atoms with Gasteiger partial charge in [0, 0.05) is 4.90 Å². The third kappa shape index (κ3) is 2.80. The highest BCUT2D eigenvalue weighted by molar-refractivity contribution is 8.01. The van der Waals surface area contributed by atoms with Crippen LogP contribution in [0, 0.1) is 0 Å². The Bertz CT molecular complexity index is 640. The number of nitrogens with two attached hydrogens (primary N) is 1. The van der Waals surface area contributed by atoms with Crippen molar-refractivity contribution in [3.63, 3.8) is 0 Å². The van der Waals surface area contributed by atoms with Crippen LogP contribution in [0.4, 0.5) is 5.69 Å². The van der Waals surface area contributed by atoms with Gasteiger partial charge in [-0.25, -0.2) is 18.1 Å². The molecule has 1 aromatic heterocycles. The molecule has 1 aromatic carbocycles. The zero-order chi connectivity index (χ0) is 13.2. The summed E-state index contributed by atoms with van der Waals surface area (Å²) >= 11 is 2.65. The van der Waals surface area contributed by atoms with Crippen LogP contribution in [0.1, 0.15) is 0 Å². The molecule has 0 spiro atoms. The molecule has 0 aliphatic carbocycles. The van der Waals surface area contributed by atoms with E-state index in [0.29, 0.717) is 0 Å². The molecule has 0 fully saturated rings. The molecule has 2 rings (SSSR count). The van der Waals surface area contributed by atoms with E-state index in [1.807, 2.05) is 0 Å². The molecular formula is C9H10N4O2S3. The van der Waals surface area contributed by atoms with Crippen LogP contribution in [0.5, 0.6) is 0 Å². The van der Waals surface area contributed by atoms with Crippen LogP contribution < -0.4 is 10.5 Å². The van der Waals surface area contributed by atoms with Crippen molar-refractivity contribution < 1.29 is 8.42 Å². The molecule has 0 saturated carbocycles. The average molecular weight is 302 g/mol. The summed E-state index contributed by atoms with van der Waals surface area (Å²) in [7, 11) is -2.17. The van der Waals surface area contributed by atoms with E-state index in [1.165, 1.54) is 42.7 Å². The van der Waals surface area contributed by atoms with E-state index >= 15 is 0 Å². The molecule has 6 nitrogen and oxygen atoms in total. The van der Waals surface area contributed by atoms with Crippen molar-refractivity contribution in [2.45, 2.75) is 14.1 Å². The molecule has 96 valence electrons. The van der Waals surface area contributed by atoms with Gasteiger partial charge in [0.15, 0.2) is 4.34 Å². The monoisotopic (exact) mass is 302 g/mol. The molecule has 1 heterocycles. The lowest BCUT2D eigenvalue weighted by molar-refractivity contribution is 0.588. The Morgan fingerprint density at radius 1 is 1.44 bits per heavy atom. The van der Waals surface area contributed by atoms with Gasteiger partial charge in [-0.1, -0.05) is 11.8 Å². The molecular weight excluding hydrogens is 292 g/mol. The molecule has 18 heavy (non-hydrogen) atoms. The number of nitrogens with one attached hydrogen (secondary N) is 1. The second-order valence-electron chi connectivity index (χ2n) is 3.22. The van der Waals surface area contributed by atoms with Crippen molar-refractivity contribution in [2.24, 2.45) is 0 Å². The van der Waals surface area contributed by atoms with E-state index < -0.39 is 10.0 Å². The van der Waals surface area contributed by atoms with Crippen LogP contribution in [0.3, 0.4) is 0 Å². The fourth-order valence-corrected chi connectivity index (χ4v) is 3.56. The van der Waals surface area contributed by atoms with Gasteiger partial charge in [-0.2, -0.15) is 4.37 Å². The summed E-state index contributed by atoms with van der Waals surface area (Å²) in [5, 5.41) is 0. The third-order valence-corrected chi connectivity index (χ3v) is 5.28. The van der Waals surface area contributed by atoms with Crippen LogP contribution in [0.15, 0.2) is 38.7 Å². The summed E-state index contributed by atoms with van der Waals surface area (Å²) in [5.41, 5.74) is 5.95. The van der Waals surface area contributed by atoms with Crippen LogP contribution in [0.25, 0.3) is 0 Å². The minimum absolute atomic E-state index is 0.0756. The molecule has 0 bridgehead atoms. The van der Waals surface area contributed by atoms with E-state index in [4.69, 9.17) is 5.73 Å². The summed E-state index contributed by atoms with van der Waals surface area (Å²) in [6.45, 7) is 0. The SMILES string of the molecule is CNS(=O)(=O)c1ccc(Sc2ncns2)cc1N. The molecule has 0 aliphatic heterocycles. The Morgan fingerprint density at radius 3 is 2.78 bits per heavy atom. The predicted molar refractivity (Wildman–Crippen MR) is 71.1 cm³/mol. The average Bonchev–Trinajstić information content (AvgIpc) is 2.81. The number of anilines is 1. The van der Waals surface area contributed by atoms with Crippen LogP contribution in [0.2, 0.25) is 0 Å². The smallest absolute Gasteiger partial charge is 0.242 e. The summed E-state index contributed by atoms with van der Waals surface area (Å²) in [6.07, 6.45) is 1.47. The first kappa shape index (κ1) is 13.3. The van der Waals surface area contributed by atoms with E-state index in [2.05, 4.69) is 14.1 Å². The van der Waals surface area contributed by atoms with Gasteiger partial charge >= 0.3 is 0 Å². The van der Waals surface area contributed by atoms with E-state index in [0.717, 1.165) is 9.24 Å². The van der Waals surface area contributed by atoms with Crippen molar-refractivity contribution in [3.8, 4) is 0 Å². The fraction of sp³-hybridized carbons (Fsp3) is 0.111. The van der Waals surface area contributed by atoms with Crippen molar-refractivity contribution in [1.82, 2.24) is 14.1 Å². The topological polar surface area (TPSA) is 98.0 Å². The number of hydrogen-bond donors (Lipinski definition) is 2. The highest BCUT2D eigenvalue weighted by Crippen LogP contribution is 2.31. The number of nitrogens with zero attached hydrogens (tertiary/aromatic N) is 2. The lowest BCUT2D eigenvalue weighted by Gasteiger charge is -2.07. The first-order valence-corrected chi connectivity index (χ1v) is 7.88. The first-order valence-electron chi connectivity index (χ1n) is 4.80. The number of benzene rings is 1. The number of hydrogen-bond acceptors (Lipinski definition) is 7. The maximum absolute atomic E-state index is 11.6. The van der Waals surface area contributed by atoms with Gasteiger partial charge in [0.05, 0.1) is 5.69 Å². The van der Waals surface area contributed by atoms with Crippen LogP contribution in [-0.4, -0.2) is 24.8 Å². The largest absolute Gasteiger partial charge is 0.398 e. The number of rotatable bonds is 4. The van der Waals surface area contributed by atoms with E-state index in [1.54, 1.807) is 12.1 Å². The molecule has 9 heteroatoms. The maximum atomic E-state index is 11.6. The number of aromatic nitrogens is 2. The normalized spacial score (nSPS) is 11.6. The van der Waals surface area contributed by atoms with Crippen molar-refractivity contribution in [3.05, 3.63) is 24.5 Å². The van der Waals surface area contributed by atoms with Gasteiger partial charge < -0.3 is 5.73 Å². The summed E-state index contributed by atoms with van der Waals surface area (Å²) in [6, 6.07) is 4.77. The second-order valence-corrected chi connectivity index (χ2v) is 7.17. The second kappa shape index (κ2) is 5.22. The lowest BCUT2D eigenvalue weighted by atomic mass is 10.3. The molecule has 0 aliphatic rings. The van der Waals surface area contributed by atoms with Gasteiger partial charge in [0.25, 0.3) is 0 Å². The Hall–Kier alpha value is -1.16. The summed E-state index contributed by atoms with van der Waals surface area (Å²) < 4.78 is 30.2.